The van der Waals surface area contributed by atoms with Crippen molar-refractivity contribution in [2.75, 3.05) is 5.32 Å². The van der Waals surface area contributed by atoms with Crippen LogP contribution in [0.1, 0.15) is 28.3 Å². The molecule has 0 saturated heterocycles. The molecule has 2 aromatic carbocycles. The van der Waals surface area contributed by atoms with Gasteiger partial charge in [-0.3, -0.25) is 0 Å². The lowest BCUT2D eigenvalue weighted by atomic mass is 10.0. The zero-order chi connectivity index (χ0) is 22.2. The molecule has 2 N–H and O–H groups in total. The molecule has 29 heavy (non-hydrogen) atoms. The molecule has 2 aromatic rings. The van der Waals surface area contributed by atoms with Gasteiger partial charge in [-0.15, -0.1) is 0 Å². The zero-order valence-corrected chi connectivity index (χ0v) is 13.9. The third-order valence-corrected chi connectivity index (χ3v) is 3.69. The molecule has 3 nitrogen and oxygen atoms in total. The number of benzene rings is 2. The minimum Gasteiger partial charge on any atom is -0.479 e. The van der Waals surface area contributed by atoms with Crippen LogP contribution in [0.2, 0.25) is 0 Å². The molecule has 1 atom stereocenters. The first-order chi connectivity index (χ1) is 13.1. The van der Waals surface area contributed by atoms with E-state index in [0.29, 0.717) is 12.1 Å². The molecular weight excluding hydrogens is 421 g/mol. The maximum atomic E-state index is 12.9. The van der Waals surface area contributed by atoms with Crippen LogP contribution in [-0.4, -0.2) is 11.1 Å². The Bertz CT molecular complexity index is 869. The molecule has 0 radical (unpaired) electrons. The molecule has 0 bridgehead atoms. The van der Waals surface area contributed by atoms with Crippen LogP contribution in [0.25, 0.3) is 0 Å². The summed E-state index contributed by atoms with van der Waals surface area (Å²) in [6.07, 6.45) is -15.2. The van der Waals surface area contributed by atoms with E-state index in [4.69, 9.17) is 0 Å². The Morgan fingerprint density at radius 1 is 0.759 bits per heavy atom. The van der Waals surface area contributed by atoms with Gasteiger partial charge in [-0.25, -0.2) is 4.79 Å². The maximum absolute atomic E-state index is 12.9. The largest absolute Gasteiger partial charge is 0.479 e. The van der Waals surface area contributed by atoms with E-state index in [2.05, 4.69) is 0 Å². The van der Waals surface area contributed by atoms with Crippen LogP contribution >= 0.6 is 0 Å². The summed E-state index contributed by atoms with van der Waals surface area (Å²) in [5, 5.41) is 11.2. The highest BCUT2D eigenvalue weighted by Crippen LogP contribution is 2.38. The van der Waals surface area contributed by atoms with E-state index in [1.165, 1.54) is 0 Å². The molecule has 0 heterocycles. The number of hydrogen-bond acceptors (Lipinski definition) is 2. The molecule has 2 rings (SSSR count). The van der Waals surface area contributed by atoms with E-state index in [1.54, 1.807) is 0 Å². The predicted octanol–water partition coefficient (Wildman–Crippen LogP) is 5.98. The van der Waals surface area contributed by atoms with Crippen LogP contribution < -0.4 is 5.32 Å². The van der Waals surface area contributed by atoms with E-state index in [1.807, 2.05) is 5.32 Å². The standard InChI is InChI=1S/C17H10F9NO2/c18-15(19,20)9-3-1-2-8(4-9)13(14(28)29)27-12-6-10(16(21,22)23)5-11(7-12)17(24,25)26/h1-7,13,27H,(H,28,29). The van der Waals surface area contributed by atoms with Gasteiger partial charge in [0.2, 0.25) is 0 Å². The van der Waals surface area contributed by atoms with Crippen molar-refractivity contribution in [3.8, 4) is 0 Å². The molecule has 0 aliphatic rings. The summed E-state index contributed by atoms with van der Waals surface area (Å²) < 4.78 is 116. The highest BCUT2D eigenvalue weighted by molar-refractivity contribution is 5.79. The van der Waals surface area contributed by atoms with E-state index < -0.39 is 58.5 Å². The van der Waals surface area contributed by atoms with Gasteiger partial charge in [-0.2, -0.15) is 39.5 Å². The van der Waals surface area contributed by atoms with Crippen molar-refractivity contribution in [3.05, 3.63) is 64.7 Å². The molecule has 0 aliphatic heterocycles. The number of hydrogen-bond donors (Lipinski definition) is 2. The molecule has 0 amide bonds. The topological polar surface area (TPSA) is 49.3 Å². The number of rotatable bonds is 4. The van der Waals surface area contributed by atoms with Gasteiger partial charge in [0.25, 0.3) is 0 Å². The molecule has 158 valence electrons. The fraction of sp³-hybridized carbons (Fsp3) is 0.235. The van der Waals surface area contributed by atoms with E-state index in [9.17, 15) is 49.4 Å². The summed E-state index contributed by atoms with van der Waals surface area (Å²) in [5.41, 5.74) is -6.04. The average Bonchev–Trinajstić information content (AvgIpc) is 2.57. The molecule has 0 aliphatic carbocycles. The number of carboxylic acids is 1. The number of carbonyl (C=O) groups is 1. The van der Waals surface area contributed by atoms with Crippen molar-refractivity contribution in [2.45, 2.75) is 24.6 Å². The molecule has 0 spiro atoms. The number of carboxylic acid groups (broad SMARTS) is 1. The van der Waals surface area contributed by atoms with Gasteiger partial charge in [0.05, 0.1) is 16.7 Å². The summed E-state index contributed by atoms with van der Waals surface area (Å²) >= 11 is 0. The molecule has 0 fully saturated rings. The molecule has 1 unspecified atom stereocenters. The minimum absolute atomic E-state index is 0.161. The first-order valence-corrected chi connectivity index (χ1v) is 7.55. The van der Waals surface area contributed by atoms with Crippen molar-refractivity contribution in [1.82, 2.24) is 0 Å². The van der Waals surface area contributed by atoms with Gasteiger partial charge >= 0.3 is 24.5 Å². The molecule has 12 heteroatoms. The van der Waals surface area contributed by atoms with Crippen LogP contribution in [0.5, 0.6) is 0 Å². The highest BCUT2D eigenvalue weighted by Gasteiger charge is 2.37. The van der Waals surface area contributed by atoms with Crippen LogP contribution in [-0.2, 0) is 23.3 Å². The van der Waals surface area contributed by atoms with Crippen molar-refractivity contribution in [1.29, 1.82) is 0 Å². The van der Waals surface area contributed by atoms with Crippen LogP contribution in [0.4, 0.5) is 45.2 Å². The Morgan fingerprint density at radius 3 is 1.66 bits per heavy atom. The SMILES string of the molecule is O=C(O)C(Nc1cc(C(F)(F)F)cc(C(F)(F)F)c1)c1cccc(C(F)(F)F)c1. The highest BCUT2D eigenvalue weighted by atomic mass is 19.4. The minimum atomic E-state index is -5.17. The van der Waals surface area contributed by atoms with E-state index in [0.717, 1.165) is 12.1 Å². The summed E-state index contributed by atoms with van der Waals surface area (Å²) in [4.78, 5) is 11.4. The summed E-state index contributed by atoms with van der Waals surface area (Å²) in [5.74, 6) is -1.81. The van der Waals surface area contributed by atoms with Crippen LogP contribution in [0.15, 0.2) is 42.5 Å². The third-order valence-electron chi connectivity index (χ3n) is 3.69. The van der Waals surface area contributed by atoms with Gasteiger partial charge in [-0.1, -0.05) is 12.1 Å². The van der Waals surface area contributed by atoms with Crippen LogP contribution in [0, 0.1) is 0 Å². The van der Waals surface area contributed by atoms with Gasteiger partial charge in [0.1, 0.15) is 0 Å². The summed E-state index contributed by atoms with van der Waals surface area (Å²) in [7, 11) is 0. The quantitative estimate of drug-likeness (QED) is 0.586. The molecular formula is C17H10F9NO2. The Hall–Kier alpha value is -2.92. The predicted molar refractivity (Wildman–Crippen MR) is 81.9 cm³/mol. The third kappa shape index (κ3) is 5.55. The Labute approximate surface area is 156 Å². The van der Waals surface area contributed by atoms with Gasteiger partial charge in [0, 0.05) is 5.69 Å². The van der Waals surface area contributed by atoms with Gasteiger partial charge in [0.15, 0.2) is 6.04 Å². The second-order valence-corrected chi connectivity index (χ2v) is 5.83. The van der Waals surface area contributed by atoms with E-state index >= 15 is 0 Å². The van der Waals surface area contributed by atoms with Gasteiger partial charge in [-0.05, 0) is 35.9 Å². The maximum Gasteiger partial charge on any atom is 0.416 e. The Balaban J connectivity index is 2.52. The first-order valence-electron chi connectivity index (χ1n) is 7.55. The van der Waals surface area contributed by atoms with Crippen LogP contribution in [0.3, 0.4) is 0 Å². The average molecular weight is 431 g/mol. The number of nitrogens with one attached hydrogen (secondary N) is 1. The smallest absolute Gasteiger partial charge is 0.416 e. The van der Waals surface area contributed by atoms with Crippen molar-refractivity contribution in [2.24, 2.45) is 0 Å². The second-order valence-electron chi connectivity index (χ2n) is 5.83. The normalized spacial score (nSPS) is 13.8. The first kappa shape index (κ1) is 22.4. The summed E-state index contributed by atoms with van der Waals surface area (Å²) in [6.45, 7) is 0. The molecule has 0 saturated carbocycles. The van der Waals surface area contributed by atoms with Crippen molar-refractivity contribution in [3.63, 3.8) is 0 Å². The summed E-state index contributed by atoms with van der Waals surface area (Å²) in [6, 6.07) is 1.14. The number of halogens is 9. The van der Waals surface area contributed by atoms with Crippen molar-refractivity contribution >= 4 is 11.7 Å². The van der Waals surface area contributed by atoms with E-state index in [-0.39, 0.29) is 18.2 Å². The Morgan fingerprint density at radius 2 is 1.24 bits per heavy atom. The Kier molecular flexibility index (Phi) is 5.77. The second kappa shape index (κ2) is 7.48. The monoisotopic (exact) mass is 431 g/mol. The number of anilines is 1. The van der Waals surface area contributed by atoms with Crippen molar-refractivity contribution < 1.29 is 49.4 Å². The zero-order valence-electron chi connectivity index (χ0n) is 13.9. The lowest BCUT2D eigenvalue weighted by Crippen LogP contribution is -2.22. The lowest BCUT2D eigenvalue weighted by Gasteiger charge is -2.20. The van der Waals surface area contributed by atoms with Gasteiger partial charge < -0.3 is 10.4 Å². The number of aliphatic carboxylic acids is 1. The fourth-order valence-corrected chi connectivity index (χ4v) is 2.39. The lowest BCUT2D eigenvalue weighted by molar-refractivity contribution is -0.143. The number of alkyl halides is 9. The molecule has 0 aromatic heterocycles. The fourth-order valence-electron chi connectivity index (χ4n) is 2.39.